The molecule has 1 aliphatic rings. The van der Waals surface area contributed by atoms with Gasteiger partial charge in [-0.25, -0.2) is 0 Å². The molecule has 2 N–H and O–H groups in total. The minimum absolute atomic E-state index is 0.0602. The first kappa shape index (κ1) is 17.4. The molecule has 0 bridgehead atoms. The van der Waals surface area contributed by atoms with Crippen LogP contribution in [0.5, 0.6) is 0 Å². The van der Waals surface area contributed by atoms with Crippen LogP contribution in [0.25, 0.3) is 0 Å². The highest BCUT2D eigenvalue weighted by atomic mass is 79.9. The van der Waals surface area contributed by atoms with Gasteiger partial charge in [0.1, 0.15) is 6.10 Å². The van der Waals surface area contributed by atoms with Crippen LogP contribution in [0, 0.1) is 5.41 Å². The third-order valence-electron chi connectivity index (χ3n) is 4.79. The van der Waals surface area contributed by atoms with Gasteiger partial charge in [-0.1, -0.05) is 41.9 Å². The molecule has 1 unspecified atom stereocenters. The third-order valence-corrected chi connectivity index (χ3v) is 5.32. The Morgan fingerprint density at radius 2 is 2.00 bits per heavy atom. The molecule has 1 aromatic carbocycles. The average Bonchev–Trinajstić information content (AvgIpc) is 2.57. The molecule has 0 aromatic heterocycles. The van der Waals surface area contributed by atoms with Crippen molar-refractivity contribution in [1.29, 1.82) is 0 Å². The Morgan fingerprint density at radius 1 is 1.36 bits per heavy atom. The molecule has 1 amide bonds. The Bertz CT molecular complexity index is 492. The molecule has 1 saturated heterocycles. The van der Waals surface area contributed by atoms with Gasteiger partial charge in [-0.05, 0) is 30.5 Å². The van der Waals surface area contributed by atoms with Gasteiger partial charge in [0.05, 0.1) is 18.6 Å². The first-order chi connectivity index (χ1) is 10.6. The third kappa shape index (κ3) is 3.53. The Labute approximate surface area is 141 Å². The number of rotatable bonds is 5. The fourth-order valence-electron chi connectivity index (χ4n) is 2.98. The van der Waals surface area contributed by atoms with E-state index in [2.05, 4.69) is 15.9 Å². The molecule has 0 aliphatic carbocycles. The van der Waals surface area contributed by atoms with Gasteiger partial charge in [0.15, 0.2) is 0 Å². The maximum absolute atomic E-state index is 12.9. The zero-order valence-electron chi connectivity index (χ0n) is 13.3. The maximum Gasteiger partial charge on any atom is 0.230 e. The van der Waals surface area contributed by atoms with Crippen molar-refractivity contribution in [3.63, 3.8) is 0 Å². The molecule has 1 aromatic rings. The van der Waals surface area contributed by atoms with Crippen molar-refractivity contribution in [3.8, 4) is 0 Å². The normalized spacial score (nSPS) is 19.3. The molecule has 5 heteroatoms. The van der Waals surface area contributed by atoms with Crippen LogP contribution in [0.4, 0.5) is 0 Å². The van der Waals surface area contributed by atoms with Crippen LogP contribution in [0.1, 0.15) is 38.4 Å². The molecule has 4 nitrogen and oxygen atoms in total. The number of hydrogen-bond acceptors (Lipinski definition) is 3. The highest BCUT2D eigenvalue weighted by molar-refractivity contribution is 9.10. The second-order valence-electron chi connectivity index (χ2n) is 5.85. The van der Waals surface area contributed by atoms with Gasteiger partial charge >= 0.3 is 0 Å². The predicted molar refractivity (Wildman–Crippen MR) is 91.5 cm³/mol. The van der Waals surface area contributed by atoms with Gasteiger partial charge in [0.2, 0.25) is 5.91 Å². The number of carbonyl (C=O) groups is 1. The van der Waals surface area contributed by atoms with Crippen molar-refractivity contribution in [2.45, 2.75) is 32.8 Å². The molecule has 1 aliphatic heterocycles. The highest BCUT2D eigenvalue weighted by Gasteiger charge is 2.38. The molecule has 0 spiro atoms. The van der Waals surface area contributed by atoms with Crippen LogP contribution in [-0.2, 0) is 9.53 Å². The summed E-state index contributed by atoms with van der Waals surface area (Å²) in [6, 6.07) is 8.08. The summed E-state index contributed by atoms with van der Waals surface area (Å²) in [4.78, 5) is 14.9. The van der Waals surface area contributed by atoms with E-state index in [-0.39, 0.29) is 12.0 Å². The zero-order valence-corrected chi connectivity index (χ0v) is 14.9. The number of hydrogen-bond donors (Lipinski definition) is 1. The van der Waals surface area contributed by atoms with E-state index >= 15 is 0 Å². The van der Waals surface area contributed by atoms with Crippen LogP contribution in [-0.4, -0.2) is 37.0 Å². The van der Waals surface area contributed by atoms with Crippen LogP contribution in [0.15, 0.2) is 28.7 Å². The van der Waals surface area contributed by atoms with Crippen molar-refractivity contribution >= 4 is 21.8 Å². The molecular weight excluding hydrogens is 344 g/mol. The first-order valence-corrected chi connectivity index (χ1v) is 8.72. The predicted octanol–water partition coefficient (Wildman–Crippen LogP) is 3.11. The highest BCUT2D eigenvalue weighted by Crippen LogP contribution is 2.31. The Morgan fingerprint density at radius 3 is 2.55 bits per heavy atom. The molecule has 0 saturated carbocycles. The summed E-state index contributed by atoms with van der Waals surface area (Å²) < 4.78 is 6.90. The average molecular weight is 369 g/mol. The summed E-state index contributed by atoms with van der Waals surface area (Å²) in [6.07, 6.45) is 1.49. The summed E-state index contributed by atoms with van der Waals surface area (Å²) in [5.74, 6) is 0.172. The quantitative estimate of drug-likeness (QED) is 0.868. The van der Waals surface area contributed by atoms with E-state index in [1.807, 2.05) is 43.0 Å². The number of morpholine rings is 1. The molecule has 122 valence electrons. The van der Waals surface area contributed by atoms with Gasteiger partial charge in [-0.3, -0.25) is 4.79 Å². The zero-order chi connectivity index (χ0) is 16.2. The number of ether oxygens (including phenoxy) is 1. The van der Waals surface area contributed by atoms with E-state index in [0.717, 1.165) is 22.9 Å². The lowest BCUT2D eigenvalue weighted by Gasteiger charge is -2.39. The SMILES string of the molecule is CCC(CC)(CN)C(=O)N1CCOC(c2ccc(Br)cc2)C1. The monoisotopic (exact) mass is 368 g/mol. The molecule has 1 atom stereocenters. The maximum atomic E-state index is 12.9. The number of benzene rings is 1. The van der Waals surface area contributed by atoms with Crippen molar-refractivity contribution in [3.05, 3.63) is 34.3 Å². The molecule has 2 rings (SSSR count). The second kappa shape index (κ2) is 7.57. The molecule has 1 heterocycles. The van der Waals surface area contributed by atoms with Crippen LogP contribution < -0.4 is 5.73 Å². The number of amides is 1. The fourth-order valence-corrected chi connectivity index (χ4v) is 3.24. The van der Waals surface area contributed by atoms with Crippen molar-refractivity contribution in [1.82, 2.24) is 4.90 Å². The number of nitrogens with zero attached hydrogens (tertiary/aromatic N) is 1. The van der Waals surface area contributed by atoms with Crippen molar-refractivity contribution < 1.29 is 9.53 Å². The Balaban J connectivity index is 2.13. The summed E-state index contributed by atoms with van der Waals surface area (Å²) >= 11 is 3.44. The van der Waals surface area contributed by atoms with E-state index in [1.165, 1.54) is 0 Å². The van der Waals surface area contributed by atoms with Crippen molar-refractivity contribution in [2.24, 2.45) is 11.1 Å². The van der Waals surface area contributed by atoms with Crippen LogP contribution in [0.2, 0.25) is 0 Å². The minimum Gasteiger partial charge on any atom is -0.370 e. The van der Waals surface area contributed by atoms with Gasteiger partial charge in [0.25, 0.3) is 0 Å². The first-order valence-electron chi connectivity index (χ1n) is 7.92. The van der Waals surface area contributed by atoms with E-state index in [4.69, 9.17) is 10.5 Å². The van der Waals surface area contributed by atoms with Gasteiger partial charge in [0, 0.05) is 17.6 Å². The summed E-state index contributed by atoms with van der Waals surface area (Å²) in [5.41, 5.74) is 6.59. The number of halogens is 1. The van der Waals surface area contributed by atoms with E-state index < -0.39 is 5.41 Å². The number of carbonyl (C=O) groups excluding carboxylic acids is 1. The van der Waals surface area contributed by atoms with E-state index in [0.29, 0.717) is 26.2 Å². The summed E-state index contributed by atoms with van der Waals surface area (Å²) in [6.45, 7) is 6.30. The molecule has 1 fully saturated rings. The smallest absolute Gasteiger partial charge is 0.230 e. The minimum atomic E-state index is -0.429. The molecule has 0 radical (unpaired) electrons. The lowest BCUT2D eigenvalue weighted by molar-refractivity contribution is -0.150. The van der Waals surface area contributed by atoms with Crippen LogP contribution >= 0.6 is 15.9 Å². The van der Waals surface area contributed by atoms with Gasteiger partial charge in [-0.2, -0.15) is 0 Å². The van der Waals surface area contributed by atoms with Gasteiger partial charge in [-0.15, -0.1) is 0 Å². The Hall–Kier alpha value is -0.910. The lowest BCUT2D eigenvalue weighted by Crippen LogP contribution is -2.51. The van der Waals surface area contributed by atoms with Gasteiger partial charge < -0.3 is 15.4 Å². The van der Waals surface area contributed by atoms with Crippen LogP contribution in [0.3, 0.4) is 0 Å². The van der Waals surface area contributed by atoms with E-state index in [9.17, 15) is 4.79 Å². The topological polar surface area (TPSA) is 55.6 Å². The lowest BCUT2D eigenvalue weighted by atomic mass is 9.80. The van der Waals surface area contributed by atoms with Crippen molar-refractivity contribution in [2.75, 3.05) is 26.2 Å². The Kier molecular flexibility index (Phi) is 6.01. The largest absolute Gasteiger partial charge is 0.370 e. The second-order valence-corrected chi connectivity index (χ2v) is 6.77. The summed E-state index contributed by atoms with van der Waals surface area (Å²) in [5, 5.41) is 0. The number of nitrogens with two attached hydrogens (primary N) is 1. The van der Waals surface area contributed by atoms with E-state index in [1.54, 1.807) is 0 Å². The molecule has 22 heavy (non-hydrogen) atoms. The standard InChI is InChI=1S/C17H25BrN2O2/c1-3-17(4-2,12-19)16(21)20-9-10-22-15(11-20)13-5-7-14(18)8-6-13/h5-8,15H,3-4,9-12,19H2,1-2H3. The fraction of sp³-hybridized carbons (Fsp3) is 0.588. The summed E-state index contributed by atoms with van der Waals surface area (Å²) in [7, 11) is 0. The molecular formula is C17H25BrN2O2.